The van der Waals surface area contributed by atoms with Gasteiger partial charge in [0, 0.05) is 42.8 Å². The van der Waals surface area contributed by atoms with Crippen molar-refractivity contribution in [3.63, 3.8) is 0 Å². The van der Waals surface area contributed by atoms with E-state index >= 15 is 0 Å². The predicted molar refractivity (Wildman–Crippen MR) is 138 cm³/mol. The molecule has 2 N–H and O–H groups in total. The highest BCUT2D eigenvalue weighted by atomic mass is 16.5. The molecule has 184 valence electrons. The molecule has 5 rings (SSSR count). The largest absolute Gasteiger partial charge is 0.383 e. The van der Waals surface area contributed by atoms with Crippen molar-refractivity contribution >= 4 is 22.6 Å². The van der Waals surface area contributed by atoms with E-state index in [2.05, 4.69) is 21.0 Å². The molecule has 0 radical (unpaired) electrons. The van der Waals surface area contributed by atoms with Gasteiger partial charge in [-0.1, -0.05) is 6.07 Å². The molecule has 1 aromatic carbocycles. The Hall–Kier alpha value is -3.91. The molecule has 8 heteroatoms. The Kier molecular flexibility index (Phi) is 6.86. The molecule has 1 fully saturated rings. The molecule has 3 aromatic heterocycles. The number of fused-ring (bicyclic) bond motifs is 1. The molecule has 0 spiro atoms. The first-order chi connectivity index (χ1) is 17.5. The van der Waals surface area contributed by atoms with Crippen LogP contribution in [0.5, 0.6) is 0 Å². The van der Waals surface area contributed by atoms with E-state index < -0.39 is 0 Å². The molecule has 0 saturated carbocycles. The molecule has 4 aromatic rings. The first-order valence-corrected chi connectivity index (χ1v) is 12.3. The Morgan fingerprint density at radius 3 is 2.61 bits per heavy atom. The highest BCUT2D eigenvalue weighted by Gasteiger charge is 2.26. The van der Waals surface area contributed by atoms with E-state index in [9.17, 15) is 4.79 Å². The van der Waals surface area contributed by atoms with Crippen molar-refractivity contribution in [2.45, 2.75) is 45.2 Å². The number of ether oxygens (including phenoxy) is 1. The molecule has 0 bridgehead atoms. The van der Waals surface area contributed by atoms with Gasteiger partial charge in [0.05, 0.1) is 23.8 Å². The first kappa shape index (κ1) is 23.8. The van der Waals surface area contributed by atoms with Gasteiger partial charge in [0.25, 0.3) is 5.91 Å². The molecular weight excluding hydrogens is 452 g/mol. The van der Waals surface area contributed by atoms with Crippen LogP contribution < -0.4 is 5.73 Å². The summed E-state index contributed by atoms with van der Waals surface area (Å²) < 4.78 is 5.49. The van der Waals surface area contributed by atoms with Crippen molar-refractivity contribution in [3.05, 3.63) is 89.3 Å². The number of aryl methyl sites for hydroxylation is 1. The Morgan fingerprint density at radius 2 is 1.89 bits per heavy atom. The van der Waals surface area contributed by atoms with Crippen LogP contribution in [0.4, 0.5) is 5.82 Å². The monoisotopic (exact) mass is 482 g/mol. The Bertz CT molecular complexity index is 1350. The SMILES string of the molecule is Cc1cc2cc(C(=O)N(Cc3ccc(C4CCOCC4)cn3)[C@H](C)c3ncccn3)ccc2nc1N. The number of carbonyl (C=O) groups is 1. The number of benzene rings is 1. The van der Waals surface area contributed by atoms with Crippen LogP contribution in [-0.2, 0) is 11.3 Å². The topological polar surface area (TPSA) is 107 Å². The van der Waals surface area contributed by atoms with Gasteiger partial charge in [-0.25, -0.2) is 15.0 Å². The van der Waals surface area contributed by atoms with Crippen LogP contribution in [0.2, 0.25) is 0 Å². The fourth-order valence-corrected chi connectivity index (χ4v) is 4.62. The van der Waals surface area contributed by atoms with Crippen LogP contribution in [0.15, 0.2) is 61.1 Å². The molecular formula is C28H30N6O2. The Balaban J connectivity index is 1.45. The maximum atomic E-state index is 13.9. The number of nitrogens with zero attached hydrogens (tertiary/aromatic N) is 5. The molecule has 0 aliphatic carbocycles. The summed E-state index contributed by atoms with van der Waals surface area (Å²) in [5.74, 6) is 1.42. The molecule has 8 nitrogen and oxygen atoms in total. The van der Waals surface area contributed by atoms with Crippen molar-refractivity contribution < 1.29 is 9.53 Å². The van der Waals surface area contributed by atoms with Crippen LogP contribution >= 0.6 is 0 Å². The molecule has 1 amide bonds. The average molecular weight is 483 g/mol. The van der Waals surface area contributed by atoms with E-state index in [0.29, 0.717) is 29.7 Å². The van der Waals surface area contributed by atoms with Gasteiger partial charge in [-0.3, -0.25) is 9.78 Å². The summed E-state index contributed by atoms with van der Waals surface area (Å²) in [6.07, 6.45) is 7.34. The lowest BCUT2D eigenvalue weighted by Gasteiger charge is -2.28. The summed E-state index contributed by atoms with van der Waals surface area (Å²) in [5, 5.41) is 0.870. The normalized spacial score (nSPS) is 15.1. The second-order valence-corrected chi connectivity index (χ2v) is 9.28. The summed E-state index contributed by atoms with van der Waals surface area (Å²) in [5.41, 5.74) is 10.2. The lowest BCUT2D eigenvalue weighted by atomic mass is 9.93. The maximum absolute atomic E-state index is 13.9. The minimum Gasteiger partial charge on any atom is -0.383 e. The number of anilines is 1. The van der Waals surface area contributed by atoms with Gasteiger partial charge in [-0.15, -0.1) is 0 Å². The number of hydrogen-bond donors (Lipinski definition) is 1. The van der Waals surface area contributed by atoms with E-state index in [1.54, 1.807) is 29.4 Å². The van der Waals surface area contributed by atoms with E-state index in [4.69, 9.17) is 15.5 Å². The fraction of sp³-hybridized carbons (Fsp3) is 0.321. The molecule has 1 atom stereocenters. The average Bonchev–Trinajstić information content (AvgIpc) is 2.93. The number of carbonyl (C=O) groups excluding carboxylic acids is 1. The number of amides is 1. The minimum atomic E-state index is -0.349. The molecule has 4 heterocycles. The van der Waals surface area contributed by atoms with E-state index in [0.717, 1.165) is 48.2 Å². The Morgan fingerprint density at radius 1 is 1.11 bits per heavy atom. The van der Waals surface area contributed by atoms with Gasteiger partial charge < -0.3 is 15.4 Å². The predicted octanol–water partition coefficient (Wildman–Crippen LogP) is 4.61. The summed E-state index contributed by atoms with van der Waals surface area (Å²) in [4.78, 5) is 33.6. The van der Waals surface area contributed by atoms with Gasteiger partial charge in [0.15, 0.2) is 0 Å². The highest BCUT2D eigenvalue weighted by Crippen LogP contribution is 2.28. The van der Waals surface area contributed by atoms with Crippen molar-refractivity contribution in [2.75, 3.05) is 18.9 Å². The summed E-state index contributed by atoms with van der Waals surface area (Å²) in [6.45, 7) is 5.76. The highest BCUT2D eigenvalue weighted by molar-refractivity contribution is 5.98. The van der Waals surface area contributed by atoms with Crippen molar-refractivity contribution in [2.24, 2.45) is 0 Å². The summed E-state index contributed by atoms with van der Waals surface area (Å²) in [6, 6.07) is 13.0. The van der Waals surface area contributed by atoms with E-state index in [1.165, 1.54) is 5.56 Å². The second kappa shape index (κ2) is 10.4. The molecule has 1 aliphatic heterocycles. The van der Waals surface area contributed by atoms with E-state index in [-0.39, 0.29) is 11.9 Å². The number of rotatable bonds is 6. The number of aromatic nitrogens is 4. The van der Waals surface area contributed by atoms with Crippen molar-refractivity contribution in [1.29, 1.82) is 0 Å². The summed E-state index contributed by atoms with van der Waals surface area (Å²) >= 11 is 0. The van der Waals surface area contributed by atoms with Gasteiger partial charge >= 0.3 is 0 Å². The van der Waals surface area contributed by atoms with Gasteiger partial charge in [-0.2, -0.15) is 0 Å². The maximum Gasteiger partial charge on any atom is 0.254 e. The Labute approximate surface area is 210 Å². The third-order valence-corrected chi connectivity index (χ3v) is 6.85. The molecule has 1 aliphatic rings. The molecule has 0 unspecified atom stereocenters. The first-order valence-electron chi connectivity index (χ1n) is 12.3. The van der Waals surface area contributed by atoms with Gasteiger partial charge in [-0.05, 0) is 80.1 Å². The quantitative estimate of drug-likeness (QED) is 0.428. The molecule has 1 saturated heterocycles. The fourth-order valence-electron chi connectivity index (χ4n) is 4.62. The van der Waals surface area contributed by atoms with Crippen LogP contribution in [0.3, 0.4) is 0 Å². The standard InChI is InChI=1S/C28H30N6O2/c1-18-14-23-15-21(5-7-25(23)33-26(18)29)28(35)34(19(2)27-30-10-3-11-31-27)17-24-6-4-22(16-32-24)20-8-12-36-13-9-20/h3-7,10-11,14-16,19-20H,8-9,12-13,17H2,1-2H3,(H2,29,33)/t19-/m1/s1. The van der Waals surface area contributed by atoms with Crippen molar-refractivity contribution in [1.82, 2.24) is 24.8 Å². The second-order valence-electron chi connectivity index (χ2n) is 9.28. The zero-order chi connectivity index (χ0) is 25.1. The van der Waals surface area contributed by atoms with E-state index in [1.807, 2.05) is 44.3 Å². The zero-order valence-electron chi connectivity index (χ0n) is 20.6. The van der Waals surface area contributed by atoms with Gasteiger partial charge in [0.2, 0.25) is 0 Å². The lowest BCUT2D eigenvalue weighted by molar-refractivity contribution is 0.0663. The third-order valence-electron chi connectivity index (χ3n) is 6.85. The smallest absolute Gasteiger partial charge is 0.254 e. The molecule has 36 heavy (non-hydrogen) atoms. The number of nitrogen functional groups attached to an aromatic ring is 1. The van der Waals surface area contributed by atoms with Crippen LogP contribution in [0.1, 0.15) is 64.7 Å². The van der Waals surface area contributed by atoms with Gasteiger partial charge in [0.1, 0.15) is 11.6 Å². The third kappa shape index (κ3) is 5.04. The number of hydrogen-bond acceptors (Lipinski definition) is 7. The number of nitrogens with two attached hydrogens (primary N) is 1. The summed E-state index contributed by atoms with van der Waals surface area (Å²) in [7, 11) is 0. The lowest BCUT2D eigenvalue weighted by Crippen LogP contribution is -2.34. The number of pyridine rings is 2. The van der Waals surface area contributed by atoms with Crippen LogP contribution in [-0.4, -0.2) is 44.0 Å². The zero-order valence-corrected chi connectivity index (χ0v) is 20.6. The van der Waals surface area contributed by atoms with Crippen molar-refractivity contribution in [3.8, 4) is 0 Å². The minimum absolute atomic E-state index is 0.123. The van der Waals surface area contributed by atoms with Crippen LogP contribution in [0.25, 0.3) is 10.9 Å². The van der Waals surface area contributed by atoms with Crippen LogP contribution in [0, 0.1) is 6.92 Å².